The highest BCUT2D eigenvalue weighted by molar-refractivity contribution is 6.31. The van der Waals surface area contributed by atoms with Gasteiger partial charge in [-0.15, -0.1) is 0 Å². The van der Waals surface area contributed by atoms with Crippen LogP contribution in [-0.2, 0) is 6.54 Å². The Kier molecular flexibility index (Phi) is 7.99. The van der Waals surface area contributed by atoms with Crippen LogP contribution < -0.4 is 5.32 Å². The summed E-state index contributed by atoms with van der Waals surface area (Å²) < 4.78 is 0. The van der Waals surface area contributed by atoms with Crippen molar-refractivity contribution in [1.29, 1.82) is 0 Å². The van der Waals surface area contributed by atoms with E-state index in [1.807, 2.05) is 30.5 Å². The highest BCUT2D eigenvalue weighted by Gasteiger charge is 2.12. The van der Waals surface area contributed by atoms with Crippen molar-refractivity contribution < 1.29 is 0 Å². The zero-order valence-electron chi connectivity index (χ0n) is 20.0. The highest BCUT2D eigenvalue weighted by atomic mass is 35.5. The van der Waals surface area contributed by atoms with E-state index in [0.29, 0.717) is 5.02 Å². The molecular weight excluding hydrogens is 438 g/mol. The molecule has 34 heavy (non-hydrogen) atoms. The summed E-state index contributed by atoms with van der Waals surface area (Å²) in [6, 6.07) is 18.6. The van der Waals surface area contributed by atoms with Gasteiger partial charge in [0.25, 0.3) is 0 Å². The SMILES string of the molecule is C=C1C=C(C)C=C(C)C(CN(CCCNc2ccnc3cc(Cl)ccc23)Cc2ccccc2)=C1. The summed E-state index contributed by atoms with van der Waals surface area (Å²) in [5.74, 6) is 0. The topological polar surface area (TPSA) is 28.2 Å². The van der Waals surface area contributed by atoms with E-state index in [1.165, 1.54) is 22.3 Å². The molecule has 0 radical (unpaired) electrons. The summed E-state index contributed by atoms with van der Waals surface area (Å²) in [6.45, 7) is 12.2. The van der Waals surface area contributed by atoms with Crippen LogP contribution in [0.1, 0.15) is 25.8 Å². The van der Waals surface area contributed by atoms with Crippen molar-refractivity contribution in [2.75, 3.05) is 25.0 Å². The van der Waals surface area contributed by atoms with Gasteiger partial charge in [-0.05, 0) is 66.8 Å². The second-order valence-electron chi connectivity index (χ2n) is 8.96. The normalized spacial score (nSPS) is 14.0. The van der Waals surface area contributed by atoms with Gasteiger partial charge in [-0.2, -0.15) is 0 Å². The minimum atomic E-state index is 0.707. The zero-order valence-corrected chi connectivity index (χ0v) is 20.8. The first-order valence-electron chi connectivity index (χ1n) is 11.8. The largest absolute Gasteiger partial charge is 0.384 e. The molecule has 1 aliphatic carbocycles. The molecule has 0 bridgehead atoms. The minimum Gasteiger partial charge on any atom is -0.384 e. The van der Waals surface area contributed by atoms with E-state index in [-0.39, 0.29) is 0 Å². The van der Waals surface area contributed by atoms with Crippen LogP contribution >= 0.6 is 11.6 Å². The van der Waals surface area contributed by atoms with Gasteiger partial charge in [0.2, 0.25) is 0 Å². The van der Waals surface area contributed by atoms with E-state index in [4.69, 9.17) is 11.6 Å². The molecule has 0 saturated carbocycles. The summed E-state index contributed by atoms with van der Waals surface area (Å²) >= 11 is 6.13. The Labute approximate surface area is 208 Å². The third kappa shape index (κ3) is 6.47. The molecule has 0 unspecified atom stereocenters. The van der Waals surface area contributed by atoms with Crippen molar-refractivity contribution in [2.24, 2.45) is 0 Å². The number of rotatable bonds is 9. The van der Waals surface area contributed by atoms with E-state index < -0.39 is 0 Å². The van der Waals surface area contributed by atoms with Crippen molar-refractivity contribution in [3.8, 4) is 0 Å². The average molecular weight is 470 g/mol. The molecule has 4 heteroatoms. The number of nitrogens with zero attached hydrogens (tertiary/aromatic N) is 2. The Morgan fingerprint density at radius 2 is 1.79 bits per heavy atom. The molecule has 0 amide bonds. The van der Waals surface area contributed by atoms with E-state index >= 15 is 0 Å². The average Bonchev–Trinajstić information content (AvgIpc) is 2.93. The molecule has 0 saturated heterocycles. The van der Waals surface area contributed by atoms with Crippen LogP contribution in [0, 0.1) is 0 Å². The Morgan fingerprint density at radius 1 is 0.971 bits per heavy atom. The number of pyridine rings is 1. The second kappa shape index (κ2) is 11.3. The molecule has 1 heterocycles. The molecular formula is C30H32ClN3. The molecule has 2 aromatic carbocycles. The number of fused-ring (bicyclic) bond motifs is 1. The van der Waals surface area contributed by atoms with E-state index in [2.05, 4.69) is 84.2 Å². The summed E-state index contributed by atoms with van der Waals surface area (Å²) in [4.78, 5) is 6.97. The number of hydrogen-bond donors (Lipinski definition) is 1. The lowest BCUT2D eigenvalue weighted by Crippen LogP contribution is -2.28. The maximum Gasteiger partial charge on any atom is 0.0737 e. The van der Waals surface area contributed by atoms with Gasteiger partial charge in [0, 0.05) is 48.5 Å². The van der Waals surface area contributed by atoms with Gasteiger partial charge < -0.3 is 5.32 Å². The predicted octanol–water partition coefficient (Wildman–Crippen LogP) is 7.58. The maximum absolute atomic E-state index is 6.13. The van der Waals surface area contributed by atoms with Crippen LogP contribution in [0.25, 0.3) is 10.9 Å². The minimum absolute atomic E-state index is 0.707. The zero-order chi connectivity index (χ0) is 23.9. The molecule has 4 rings (SSSR count). The summed E-state index contributed by atoms with van der Waals surface area (Å²) in [7, 11) is 0. The monoisotopic (exact) mass is 469 g/mol. The molecule has 1 aliphatic rings. The Morgan fingerprint density at radius 3 is 2.62 bits per heavy atom. The van der Waals surface area contributed by atoms with Crippen LogP contribution in [0.5, 0.6) is 0 Å². The third-order valence-electron chi connectivity index (χ3n) is 6.04. The molecule has 1 N–H and O–H groups in total. The fraction of sp³-hybridized carbons (Fsp3) is 0.233. The molecule has 174 valence electrons. The molecule has 0 atom stereocenters. The van der Waals surface area contributed by atoms with Crippen LogP contribution in [0.15, 0.2) is 108 Å². The van der Waals surface area contributed by atoms with Gasteiger partial charge in [-0.3, -0.25) is 9.88 Å². The van der Waals surface area contributed by atoms with Crippen LogP contribution in [0.2, 0.25) is 5.02 Å². The molecule has 0 fully saturated rings. The second-order valence-corrected chi connectivity index (χ2v) is 9.39. The number of benzene rings is 2. The Hall–Kier alpha value is -3.14. The smallest absolute Gasteiger partial charge is 0.0737 e. The van der Waals surface area contributed by atoms with E-state index in [0.717, 1.165) is 54.8 Å². The first kappa shape index (κ1) is 24.0. The van der Waals surface area contributed by atoms with Gasteiger partial charge in [0.15, 0.2) is 0 Å². The van der Waals surface area contributed by atoms with Gasteiger partial charge >= 0.3 is 0 Å². The summed E-state index contributed by atoms with van der Waals surface area (Å²) in [6.07, 6.45) is 9.49. The van der Waals surface area contributed by atoms with Crippen molar-refractivity contribution in [1.82, 2.24) is 9.88 Å². The Bertz CT molecular complexity index is 1250. The van der Waals surface area contributed by atoms with Crippen molar-refractivity contribution in [2.45, 2.75) is 26.8 Å². The van der Waals surface area contributed by atoms with Crippen LogP contribution in [0.3, 0.4) is 0 Å². The first-order valence-corrected chi connectivity index (χ1v) is 12.2. The predicted molar refractivity (Wildman–Crippen MR) is 146 cm³/mol. The molecule has 3 aromatic rings. The van der Waals surface area contributed by atoms with E-state index in [1.54, 1.807) is 0 Å². The third-order valence-corrected chi connectivity index (χ3v) is 6.27. The van der Waals surface area contributed by atoms with Crippen LogP contribution in [0.4, 0.5) is 5.69 Å². The lowest BCUT2D eigenvalue weighted by molar-refractivity contribution is 0.288. The number of halogens is 1. The number of hydrogen-bond acceptors (Lipinski definition) is 3. The molecule has 3 nitrogen and oxygen atoms in total. The number of nitrogens with one attached hydrogen (secondary N) is 1. The summed E-state index contributed by atoms with van der Waals surface area (Å²) in [5.41, 5.74) is 8.29. The lowest BCUT2D eigenvalue weighted by Gasteiger charge is -2.25. The van der Waals surface area contributed by atoms with Gasteiger partial charge in [-0.25, -0.2) is 0 Å². The van der Waals surface area contributed by atoms with E-state index in [9.17, 15) is 0 Å². The van der Waals surface area contributed by atoms with Crippen molar-refractivity contribution >= 4 is 28.2 Å². The standard InChI is InChI=1S/C30H32ClN3/c1-22-16-23(2)18-26(24(3)17-22)21-34(20-25-8-5-4-6-9-25)15-7-13-32-29-12-14-33-30-19-27(31)10-11-28(29)30/h4-6,8-12,14,16-19H,2,7,13,15,20-21H2,1,3H3,(H,32,33). The number of aromatic nitrogens is 1. The van der Waals surface area contributed by atoms with Crippen molar-refractivity contribution in [3.05, 3.63) is 118 Å². The van der Waals surface area contributed by atoms with Crippen molar-refractivity contribution in [3.63, 3.8) is 0 Å². The molecule has 0 aliphatic heterocycles. The van der Waals surface area contributed by atoms with Gasteiger partial charge in [0.1, 0.15) is 0 Å². The molecule has 0 spiro atoms. The van der Waals surface area contributed by atoms with Crippen LogP contribution in [-0.4, -0.2) is 29.5 Å². The fourth-order valence-corrected chi connectivity index (χ4v) is 4.58. The fourth-order valence-electron chi connectivity index (χ4n) is 4.42. The first-order chi connectivity index (χ1) is 16.5. The summed E-state index contributed by atoms with van der Waals surface area (Å²) in [5, 5.41) is 5.41. The van der Waals surface area contributed by atoms with Gasteiger partial charge in [-0.1, -0.05) is 72.3 Å². The Balaban J connectivity index is 1.43. The maximum atomic E-state index is 6.13. The quantitative estimate of drug-likeness (QED) is 0.327. The molecule has 1 aromatic heterocycles. The lowest BCUT2D eigenvalue weighted by atomic mass is 10.0. The number of anilines is 1. The highest BCUT2D eigenvalue weighted by Crippen LogP contribution is 2.25. The van der Waals surface area contributed by atoms with Gasteiger partial charge in [0.05, 0.1) is 5.52 Å². The number of allylic oxidation sites excluding steroid dienone is 5.